The van der Waals surface area contributed by atoms with Gasteiger partial charge in [-0.05, 0) is 6.92 Å². The van der Waals surface area contributed by atoms with Gasteiger partial charge in [0.1, 0.15) is 0 Å². The van der Waals surface area contributed by atoms with Crippen LogP contribution in [0.25, 0.3) is 0 Å². The van der Waals surface area contributed by atoms with E-state index in [0.717, 1.165) is 0 Å². The number of esters is 1. The summed E-state index contributed by atoms with van der Waals surface area (Å²) in [5.41, 5.74) is 0. The fraction of sp³-hybridized carbons (Fsp3) is 0.857. The van der Waals surface area contributed by atoms with Gasteiger partial charge in [-0.2, -0.15) is 0 Å². The third kappa shape index (κ3) is 1.59. The van der Waals surface area contributed by atoms with Gasteiger partial charge in [0.2, 0.25) is 0 Å². The van der Waals surface area contributed by atoms with Crippen LogP contribution in [0, 0.1) is 0 Å². The van der Waals surface area contributed by atoms with Crippen molar-refractivity contribution < 1.29 is 27.9 Å². The molecule has 1 saturated heterocycles. The van der Waals surface area contributed by atoms with Crippen molar-refractivity contribution in [2.75, 3.05) is 27.4 Å². The van der Waals surface area contributed by atoms with Gasteiger partial charge in [0, 0.05) is 7.11 Å². The fourth-order valence-corrected chi connectivity index (χ4v) is 2.83. The van der Waals surface area contributed by atoms with Crippen LogP contribution in [-0.4, -0.2) is 38.7 Å². The Bertz CT molecular complexity index is 267. The second kappa shape index (κ2) is 3.98. The molecule has 0 radical (unpaired) electrons. The summed E-state index contributed by atoms with van der Waals surface area (Å²) in [5, 5.41) is -1.68. The molecule has 0 N–H and O–H groups in total. The van der Waals surface area contributed by atoms with E-state index < -0.39 is 18.9 Å². The van der Waals surface area contributed by atoms with E-state index in [1.165, 1.54) is 21.1 Å². The van der Waals surface area contributed by atoms with E-state index in [4.69, 9.17) is 13.8 Å². The van der Waals surface area contributed by atoms with Crippen LogP contribution >= 0.6 is 7.60 Å². The average molecular weight is 224 g/mol. The minimum Gasteiger partial charge on any atom is -0.466 e. The molecule has 0 aliphatic carbocycles. The van der Waals surface area contributed by atoms with Crippen molar-refractivity contribution in [3.63, 3.8) is 0 Å². The molecule has 1 aliphatic rings. The predicted molar refractivity (Wildman–Crippen MR) is 46.9 cm³/mol. The highest BCUT2D eigenvalue weighted by Crippen LogP contribution is 2.63. The first-order chi connectivity index (χ1) is 6.50. The Balaban J connectivity index is 2.99. The van der Waals surface area contributed by atoms with Crippen LogP contribution in [0.4, 0.5) is 0 Å². The summed E-state index contributed by atoms with van der Waals surface area (Å²) in [7, 11) is -1.13. The third-order valence-electron chi connectivity index (χ3n) is 2.09. The number of rotatable bonds is 3. The second-order valence-electron chi connectivity index (χ2n) is 2.84. The lowest BCUT2D eigenvalue weighted by atomic mass is 10.4. The molecule has 7 heteroatoms. The van der Waals surface area contributed by atoms with E-state index in [1.807, 2.05) is 0 Å². The molecule has 1 rings (SSSR count). The molecule has 0 spiro atoms. The van der Waals surface area contributed by atoms with E-state index in [-0.39, 0.29) is 13.2 Å². The minimum absolute atomic E-state index is 0.188. The normalized spacial score (nSPS) is 24.2. The van der Waals surface area contributed by atoms with Crippen LogP contribution in [-0.2, 0) is 27.9 Å². The lowest BCUT2D eigenvalue weighted by Crippen LogP contribution is -2.38. The number of methoxy groups -OCH3 is 2. The molecule has 1 fully saturated rings. The summed E-state index contributed by atoms with van der Waals surface area (Å²) in [4.78, 5) is 11.4. The molecule has 1 aliphatic heterocycles. The van der Waals surface area contributed by atoms with Crippen LogP contribution in [0.1, 0.15) is 6.92 Å². The molecule has 82 valence electrons. The fourth-order valence-electron chi connectivity index (χ4n) is 1.09. The maximum Gasteiger partial charge on any atom is 0.373 e. The first-order valence-electron chi connectivity index (χ1n) is 4.03. The largest absolute Gasteiger partial charge is 0.466 e. The molecular formula is C7H13O6P. The van der Waals surface area contributed by atoms with Crippen molar-refractivity contribution in [3.8, 4) is 0 Å². The Kier molecular flexibility index (Phi) is 3.32. The maximum atomic E-state index is 12.0. The van der Waals surface area contributed by atoms with Crippen molar-refractivity contribution in [1.82, 2.24) is 0 Å². The summed E-state index contributed by atoms with van der Waals surface area (Å²) in [5.74, 6) is -0.773. The summed E-state index contributed by atoms with van der Waals surface area (Å²) in [6, 6.07) is 0. The van der Waals surface area contributed by atoms with Gasteiger partial charge < -0.3 is 18.5 Å². The Hall–Kier alpha value is -0.420. The number of hydrogen-bond donors (Lipinski definition) is 0. The van der Waals surface area contributed by atoms with Gasteiger partial charge in [-0.15, -0.1) is 0 Å². The van der Waals surface area contributed by atoms with E-state index in [2.05, 4.69) is 4.74 Å². The summed E-state index contributed by atoms with van der Waals surface area (Å²) < 4.78 is 31.2. The minimum atomic E-state index is -3.56. The quantitative estimate of drug-likeness (QED) is 0.520. The van der Waals surface area contributed by atoms with E-state index in [9.17, 15) is 9.36 Å². The summed E-state index contributed by atoms with van der Waals surface area (Å²) in [6.45, 7) is 1.70. The molecule has 0 bridgehead atoms. The van der Waals surface area contributed by atoms with Crippen molar-refractivity contribution in [1.29, 1.82) is 0 Å². The van der Waals surface area contributed by atoms with E-state index in [1.54, 1.807) is 0 Å². The zero-order valence-corrected chi connectivity index (χ0v) is 9.21. The van der Waals surface area contributed by atoms with Gasteiger partial charge in [-0.25, -0.2) is 4.79 Å². The van der Waals surface area contributed by atoms with Gasteiger partial charge in [0.05, 0.1) is 20.3 Å². The van der Waals surface area contributed by atoms with E-state index >= 15 is 0 Å². The maximum absolute atomic E-state index is 12.0. The average Bonchev–Trinajstić information content (AvgIpc) is 2.64. The molecule has 0 amide bonds. The Labute approximate surface area is 82.0 Å². The second-order valence-corrected chi connectivity index (χ2v) is 5.21. The van der Waals surface area contributed by atoms with Crippen LogP contribution < -0.4 is 0 Å². The highest BCUT2D eigenvalue weighted by molar-refractivity contribution is 7.56. The molecule has 1 unspecified atom stereocenters. The van der Waals surface area contributed by atoms with Crippen LogP contribution in [0.5, 0.6) is 0 Å². The Morgan fingerprint density at radius 1 is 1.36 bits per heavy atom. The SMILES string of the molecule is COC(=O)C(C)(OC)P1(=O)OCCO1. The van der Waals surface area contributed by atoms with Gasteiger partial charge in [-0.1, -0.05) is 0 Å². The molecule has 1 heterocycles. The molecule has 14 heavy (non-hydrogen) atoms. The van der Waals surface area contributed by atoms with Gasteiger partial charge >= 0.3 is 13.6 Å². The molecule has 0 saturated carbocycles. The first-order valence-corrected chi connectivity index (χ1v) is 5.57. The Morgan fingerprint density at radius 3 is 2.21 bits per heavy atom. The lowest BCUT2D eigenvalue weighted by molar-refractivity contribution is -0.156. The first kappa shape index (κ1) is 11.7. The van der Waals surface area contributed by atoms with Gasteiger partial charge in [0.15, 0.2) is 0 Å². The molecule has 0 aromatic carbocycles. The van der Waals surface area contributed by atoms with Crippen molar-refractivity contribution in [2.24, 2.45) is 0 Å². The van der Waals surface area contributed by atoms with Gasteiger partial charge in [-0.3, -0.25) is 4.57 Å². The molecule has 6 nitrogen and oxygen atoms in total. The third-order valence-corrected chi connectivity index (χ3v) is 4.55. The van der Waals surface area contributed by atoms with E-state index in [0.29, 0.717) is 0 Å². The van der Waals surface area contributed by atoms with Crippen molar-refractivity contribution >= 4 is 13.6 Å². The lowest BCUT2D eigenvalue weighted by Gasteiger charge is -2.28. The number of carbonyl (C=O) groups excluding carboxylic acids is 1. The molecule has 0 aromatic rings. The monoisotopic (exact) mass is 224 g/mol. The van der Waals surface area contributed by atoms with Crippen LogP contribution in [0.15, 0.2) is 0 Å². The number of carbonyl (C=O) groups is 1. The van der Waals surface area contributed by atoms with Gasteiger partial charge in [0.25, 0.3) is 5.34 Å². The highest BCUT2D eigenvalue weighted by atomic mass is 31.2. The zero-order chi connectivity index (χ0) is 10.8. The molecule has 0 aromatic heterocycles. The summed E-state index contributed by atoms with van der Waals surface area (Å²) >= 11 is 0. The zero-order valence-electron chi connectivity index (χ0n) is 8.31. The van der Waals surface area contributed by atoms with Crippen molar-refractivity contribution in [2.45, 2.75) is 12.3 Å². The molecule has 1 atom stereocenters. The smallest absolute Gasteiger partial charge is 0.373 e. The predicted octanol–water partition coefficient (Wildman–Crippen LogP) is 0.762. The highest BCUT2D eigenvalue weighted by Gasteiger charge is 2.57. The number of ether oxygens (including phenoxy) is 2. The topological polar surface area (TPSA) is 71.1 Å². The standard InChI is InChI=1S/C7H13O6P/c1-7(11-3,6(8)10-2)14(9)12-4-5-13-14/h4-5H2,1-3H3. The Morgan fingerprint density at radius 2 is 1.86 bits per heavy atom. The summed E-state index contributed by atoms with van der Waals surface area (Å²) in [6.07, 6.45) is 0. The van der Waals surface area contributed by atoms with Crippen LogP contribution in [0.3, 0.4) is 0 Å². The number of hydrogen-bond acceptors (Lipinski definition) is 6. The molecular weight excluding hydrogens is 211 g/mol. The van der Waals surface area contributed by atoms with Crippen LogP contribution in [0.2, 0.25) is 0 Å². The van der Waals surface area contributed by atoms with Crippen molar-refractivity contribution in [3.05, 3.63) is 0 Å².